The Morgan fingerprint density at radius 3 is 2.23 bits per heavy atom. The lowest BCUT2D eigenvalue weighted by Gasteiger charge is -2.41. The van der Waals surface area contributed by atoms with Crippen molar-refractivity contribution in [3.05, 3.63) is 65.2 Å². The number of hydroxylamine groups is 3. The van der Waals surface area contributed by atoms with Crippen molar-refractivity contribution in [2.24, 2.45) is 5.92 Å². The van der Waals surface area contributed by atoms with Crippen LogP contribution >= 0.6 is 0 Å². The molecular weight excluding hydrogens is 322 g/mol. The fourth-order valence-corrected chi connectivity index (χ4v) is 3.44. The van der Waals surface area contributed by atoms with Crippen LogP contribution in [-0.4, -0.2) is 24.0 Å². The van der Waals surface area contributed by atoms with Gasteiger partial charge in [-0.05, 0) is 44.0 Å². The van der Waals surface area contributed by atoms with Gasteiger partial charge in [0.2, 0.25) is 6.23 Å². The summed E-state index contributed by atoms with van der Waals surface area (Å²) in [5.41, 5.74) is 3.96. The van der Waals surface area contributed by atoms with E-state index < -0.39 is 0 Å². The van der Waals surface area contributed by atoms with Gasteiger partial charge >= 0.3 is 0 Å². The Hall–Kier alpha value is -1.84. The van der Waals surface area contributed by atoms with E-state index in [0.717, 1.165) is 18.8 Å². The van der Waals surface area contributed by atoms with Crippen LogP contribution in [0.2, 0.25) is 0 Å². The second kappa shape index (κ2) is 9.20. The third-order valence-electron chi connectivity index (χ3n) is 4.93. The highest BCUT2D eigenvalue weighted by Crippen LogP contribution is 2.28. The van der Waals surface area contributed by atoms with Gasteiger partial charge in [0.05, 0.1) is 6.61 Å². The molecule has 2 atom stereocenters. The molecule has 26 heavy (non-hydrogen) atoms. The predicted molar refractivity (Wildman–Crippen MR) is 108 cm³/mol. The minimum Gasteiger partial charge on any atom is -0.327 e. The Labute approximate surface area is 159 Å². The normalized spacial score (nSPS) is 14.9. The molecule has 0 fully saturated rings. The van der Waals surface area contributed by atoms with Gasteiger partial charge in [0.25, 0.3) is 0 Å². The van der Waals surface area contributed by atoms with Crippen LogP contribution in [0, 0.1) is 19.8 Å². The number of quaternary nitrogens is 1. The molecule has 142 valence electrons. The van der Waals surface area contributed by atoms with E-state index in [0.29, 0.717) is 17.2 Å². The van der Waals surface area contributed by atoms with Crippen molar-refractivity contribution in [1.29, 1.82) is 0 Å². The molecule has 0 spiro atoms. The lowest BCUT2D eigenvalue weighted by molar-refractivity contribution is -1.12. The monoisotopic (exact) mass is 356 g/mol. The smallest absolute Gasteiger partial charge is 0.228 e. The molecule has 0 aliphatic rings. The van der Waals surface area contributed by atoms with Crippen LogP contribution in [0.25, 0.3) is 0 Å². The molecule has 2 unspecified atom stereocenters. The van der Waals surface area contributed by atoms with Gasteiger partial charge in [-0.25, -0.2) is 0 Å². The highest BCUT2D eigenvalue weighted by Gasteiger charge is 2.40. The molecule has 0 saturated heterocycles. The molecule has 2 aromatic carbocycles. The molecule has 2 rings (SSSR count). The highest BCUT2D eigenvalue weighted by molar-refractivity contribution is 5.32. The molecule has 0 aromatic heterocycles. The molecule has 3 heteroatoms. The first-order valence-corrected chi connectivity index (χ1v) is 9.66. The largest absolute Gasteiger partial charge is 0.327 e. The second-order valence-electron chi connectivity index (χ2n) is 7.50. The third-order valence-corrected chi connectivity index (χ3v) is 4.93. The topological polar surface area (TPSA) is 18.5 Å². The average molecular weight is 357 g/mol. The van der Waals surface area contributed by atoms with Crippen LogP contribution in [0.3, 0.4) is 0 Å². The van der Waals surface area contributed by atoms with E-state index in [1.165, 1.54) is 16.7 Å². The van der Waals surface area contributed by atoms with Crippen molar-refractivity contribution in [2.75, 3.05) is 13.2 Å². The lowest BCUT2D eigenvalue weighted by Crippen LogP contribution is -2.58. The van der Waals surface area contributed by atoms with E-state index in [2.05, 4.69) is 52.8 Å². The summed E-state index contributed by atoms with van der Waals surface area (Å²) >= 11 is 0. The second-order valence-corrected chi connectivity index (χ2v) is 7.50. The van der Waals surface area contributed by atoms with Crippen molar-refractivity contribution in [2.45, 2.75) is 54.3 Å². The first kappa shape index (κ1) is 20.5. The molecule has 0 aliphatic heterocycles. The van der Waals surface area contributed by atoms with Crippen LogP contribution in [0.15, 0.2) is 48.5 Å². The van der Waals surface area contributed by atoms with Gasteiger partial charge in [0.1, 0.15) is 13.1 Å². The van der Waals surface area contributed by atoms with E-state index in [1.54, 1.807) is 0 Å². The SMILES string of the molecule is CCOC(C)[N+](Cc1cccc(C)c1C)(CC(C)C)Oc1ccccc1. The van der Waals surface area contributed by atoms with Crippen LogP contribution in [0.1, 0.15) is 44.4 Å². The van der Waals surface area contributed by atoms with Crippen LogP contribution in [0.5, 0.6) is 5.75 Å². The van der Waals surface area contributed by atoms with Crippen molar-refractivity contribution >= 4 is 0 Å². The zero-order valence-electron chi connectivity index (χ0n) is 17.2. The fourth-order valence-electron chi connectivity index (χ4n) is 3.44. The van der Waals surface area contributed by atoms with Gasteiger partial charge in [0.15, 0.2) is 5.75 Å². The summed E-state index contributed by atoms with van der Waals surface area (Å²) < 4.78 is 6.50. The summed E-state index contributed by atoms with van der Waals surface area (Å²) in [4.78, 5) is 6.64. The van der Waals surface area contributed by atoms with Gasteiger partial charge in [-0.3, -0.25) is 0 Å². The van der Waals surface area contributed by atoms with Crippen LogP contribution < -0.4 is 4.84 Å². The average Bonchev–Trinajstić information content (AvgIpc) is 2.59. The number of rotatable bonds is 9. The quantitative estimate of drug-likeness (QED) is 0.328. The highest BCUT2D eigenvalue weighted by atomic mass is 16.7. The van der Waals surface area contributed by atoms with Crippen molar-refractivity contribution in [3.8, 4) is 5.75 Å². The molecule has 0 aliphatic carbocycles. The predicted octanol–water partition coefficient (Wildman–Crippen LogP) is 5.65. The first-order valence-electron chi connectivity index (χ1n) is 9.66. The maximum Gasteiger partial charge on any atom is 0.228 e. The standard InChI is InChI=1S/C23H34NO2/c1-7-25-21(6)24(16-18(2)3,26-23-14-9-8-10-15-23)17-22-13-11-12-19(4)20(22)5/h8-15,18,21H,7,16-17H2,1-6H3/q+1. The summed E-state index contributed by atoms with van der Waals surface area (Å²) in [6.07, 6.45) is -0.0671. The van der Waals surface area contributed by atoms with E-state index in [4.69, 9.17) is 9.57 Å². The number of hydrogen-bond acceptors (Lipinski definition) is 2. The van der Waals surface area contributed by atoms with Crippen molar-refractivity contribution in [3.63, 3.8) is 0 Å². The summed E-state index contributed by atoms with van der Waals surface area (Å²) in [6.45, 7) is 15.3. The Kier molecular flexibility index (Phi) is 7.24. The molecule has 2 aromatic rings. The molecule has 0 bridgehead atoms. The number of hydrogen-bond donors (Lipinski definition) is 0. The number of nitrogens with zero attached hydrogens (tertiary/aromatic N) is 1. The number of para-hydroxylation sites is 1. The van der Waals surface area contributed by atoms with Gasteiger partial charge in [-0.1, -0.05) is 50.2 Å². The van der Waals surface area contributed by atoms with Gasteiger partial charge < -0.3 is 9.57 Å². The van der Waals surface area contributed by atoms with Gasteiger partial charge in [0, 0.05) is 18.4 Å². The van der Waals surface area contributed by atoms with Crippen LogP contribution in [-0.2, 0) is 11.3 Å². The Morgan fingerprint density at radius 2 is 1.62 bits per heavy atom. The number of ether oxygens (including phenoxy) is 1. The molecule has 0 amide bonds. The van der Waals surface area contributed by atoms with Gasteiger partial charge in [-0.2, -0.15) is 0 Å². The summed E-state index contributed by atoms with van der Waals surface area (Å²) in [5.74, 6) is 1.36. The fraction of sp³-hybridized carbons (Fsp3) is 0.478. The molecule has 0 saturated carbocycles. The lowest BCUT2D eigenvalue weighted by atomic mass is 10.0. The first-order chi connectivity index (χ1) is 12.4. The zero-order valence-corrected chi connectivity index (χ0v) is 17.2. The zero-order chi connectivity index (χ0) is 19.2. The minimum atomic E-state index is -0.0671. The molecule has 0 N–H and O–H groups in total. The molecule has 3 nitrogen and oxygen atoms in total. The number of aryl methyl sites for hydroxylation is 1. The van der Waals surface area contributed by atoms with Crippen molar-refractivity contribution in [1.82, 2.24) is 0 Å². The van der Waals surface area contributed by atoms with E-state index >= 15 is 0 Å². The molecule has 0 heterocycles. The number of benzene rings is 2. The summed E-state index contributed by atoms with van der Waals surface area (Å²) in [6, 6.07) is 16.6. The van der Waals surface area contributed by atoms with Crippen molar-refractivity contribution < 1.29 is 14.2 Å². The third kappa shape index (κ3) is 5.09. The van der Waals surface area contributed by atoms with Crippen LogP contribution in [0.4, 0.5) is 0 Å². The summed E-state index contributed by atoms with van der Waals surface area (Å²) in [5, 5.41) is 0. The maximum absolute atomic E-state index is 6.64. The Balaban J connectivity index is 2.47. The van der Waals surface area contributed by atoms with E-state index in [9.17, 15) is 0 Å². The minimum absolute atomic E-state index is 0.0671. The summed E-state index contributed by atoms with van der Waals surface area (Å²) in [7, 11) is 0. The molecule has 0 radical (unpaired) electrons. The Morgan fingerprint density at radius 1 is 0.923 bits per heavy atom. The Bertz CT molecular complexity index is 684. The van der Waals surface area contributed by atoms with Gasteiger partial charge in [-0.15, -0.1) is 4.65 Å². The van der Waals surface area contributed by atoms with E-state index in [1.807, 2.05) is 37.3 Å². The maximum atomic E-state index is 6.64. The molecular formula is C23H34NO2+. The van der Waals surface area contributed by atoms with E-state index in [-0.39, 0.29) is 6.23 Å².